The topological polar surface area (TPSA) is 55.1 Å². The maximum absolute atomic E-state index is 11.5. The molecule has 14 heavy (non-hydrogen) atoms. The van der Waals surface area contributed by atoms with Crippen molar-refractivity contribution in [1.82, 2.24) is 5.32 Å². The molecule has 0 heterocycles. The quantitative estimate of drug-likeness (QED) is 0.538. The molecule has 1 amide bonds. The summed E-state index contributed by atoms with van der Waals surface area (Å²) in [5, 5.41) is 2.65. The number of hydrogen-bond donors (Lipinski definition) is 2. The van der Waals surface area contributed by atoms with E-state index in [-0.39, 0.29) is 5.91 Å². The van der Waals surface area contributed by atoms with Gasteiger partial charge in [0.25, 0.3) is 5.91 Å². The van der Waals surface area contributed by atoms with Crippen molar-refractivity contribution in [3.8, 4) is 11.8 Å². The number of nitrogen functional groups attached to an aromatic ring is 1. The Labute approximate surface area is 83.3 Å². The zero-order valence-corrected chi connectivity index (χ0v) is 8.00. The van der Waals surface area contributed by atoms with Crippen LogP contribution in [-0.4, -0.2) is 12.5 Å². The van der Waals surface area contributed by atoms with E-state index in [0.29, 0.717) is 17.8 Å². The zero-order chi connectivity index (χ0) is 10.4. The van der Waals surface area contributed by atoms with Crippen LogP contribution in [-0.2, 0) is 0 Å². The number of para-hydroxylation sites is 1. The first-order valence-electron chi connectivity index (χ1n) is 4.28. The summed E-state index contributed by atoms with van der Waals surface area (Å²) < 4.78 is 0. The maximum atomic E-state index is 11.5. The molecule has 0 aliphatic heterocycles. The SMILES string of the molecule is CC#CCNC(=O)c1ccccc1N. The third-order valence-corrected chi connectivity index (χ3v) is 1.72. The summed E-state index contributed by atoms with van der Waals surface area (Å²) in [6, 6.07) is 6.94. The van der Waals surface area contributed by atoms with E-state index in [1.165, 1.54) is 0 Å². The largest absolute Gasteiger partial charge is 0.398 e. The van der Waals surface area contributed by atoms with Crippen LogP contribution in [0.25, 0.3) is 0 Å². The smallest absolute Gasteiger partial charge is 0.254 e. The predicted molar refractivity (Wildman–Crippen MR) is 56.6 cm³/mol. The summed E-state index contributed by atoms with van der Waals surface area (Å²) in [6.07, 6.45) is 0. The highest BCUT2D eigenvalue weighted by Gasteiger charge is 2.06. The third kappa shape index (κ3) is 2.53. The van der Waals surface area contributed by atoms with Crippen molar-refractivity contribution in [3.63, 3.8) is 0 Å². The summed E-state index contributed by atoms with van der Waals surface area (Å²) >= 11 is 0. The van der Waals surface area contributed by atoms with Gasteiger partial charge in [-0.15, -0.1) is 5.92 Å². The fourth-order valence-electron chi connectivity index (χ4n) is 1.01. The van der Waals surface area contributed by atoms with Gasteiger partial charge in [-0.05, 0) is 19.1 Å². The molecule has 0 aromatic heterocycles. The van der Waals surface area contributed by atoms with E-state index in [9.17, 15) is 4.79 Å². The molecule has 0 spiro atoms. The van der Waals surface area contributed by atoms with Crippen LogP contribution in [0.15, 0.2) is 24.3 Å². The summed E-state index contributed by atoms with van der Waals surface area (Å²) in [7, 11) is 0. The van der Waals surface area contributed by atoms with Crippen molar-refractivity contribution in [2.45, 2.75) is 6.92 Å². The van der Waals surface area contributed by atoms with Crippen LogP contribution in [0.4, 0.5) is 5.69 Å². The number of rotatable bonds is 2. The van der Waals surface area contributed by atoms with Crippen molar-refractivity contribution in [1.29, 1.82) is 0 Å². The molecule has 0 aliphatic carbocycles. The molecule has 3 heteroatoms. The van der Waals surface area contributed by atoms with Crippen LogP contribution in [0.5, 0.6) is 0 Å². The Bertz CT molecular complexity index is 388. The van der Waals surface area contributed by atoms with Crippen molar-refractivity contribution in [3.05, 3.63) is 29.8 Å². The first kappa shape index (κ1) is 10.1. The highest BCUT2D eigenvalue weighted by molar-refractivity contribution is 5.99. The first-order chi connectivity index (χ1) is 6.75. The Hall–Kier alpha value is -1.95. The lowest BCUT2D eigenvalue weighted by atomic mass is 10.2. The Morgan fingerprint density at radius 3 is 2.86 bits per heavy atom. The summed E-state index contributed by atoms with van der Waals surface area (Å²) in [5.41, 5.74) is 6.60. The molecule has 1 rings (SSSR count). The fraction of sp³-hybridized carbons (Fsp3) is 0.182. The van der Waals surface area contributed by atoms with E-state index < -0.39 is 0 Å². The lowest BCUT2D eigenvalue weighted by Gasteiger charge is -2.03. The van der Waals surface area contributed by atoms with Gasteiger partial charge in [0.2, 0.25) is 0 Å². The van der Waals surface area contributed by atoms with Crippen LogP contribution in [0, 0.1) is 11.8 Å². The molecule has 0 aliphatic rings. The number of anilines is 1. The van der Waals surface area contributed by atoms with E-state index in [0.717, 1.165) is 0 Å². The molecule has 0 saturated carbocycles. The van der Waals surface area contributed by atoms with Gasteiger partial charge in [-0.1, -0.05) is 18.1 Å². The third-order valence-electron chi connectivity index (χ3n) is 1.72. The standard InChI is InChI=1S/C11H12N2O/c1-2-3-8-13-11(14)9-6-4-5-7-10(9)12/h4-7H,8,12H2,1H3,(H,13,14). The van der Waals surface area contributed by atoms with Crippen molar-refractivity contribution >= 4 is 11.6 Å². The van der Waals surface area contributed by atoms with E-state index in [4.69, 9.17) is 5.73 Å². The number of benzene rings is 1. The summed E-state index contributed by atoms with van der Waals surface area (Å²) in [4.78, 5) is 11.5. The number of amides is 1. The number of carbonyl (C=O) groups excluding carboxylic acids is 1. The van der Waals surface area contributed by atoms with Crippen LogP contribution in [0.3, 0.4) is 0 Å². The molecule has 0 fully saturated rings. The number of nitrogens with one attached hydrogen (secondary N) is 1. The van der Waals surface area contributed by atoms with Crippen molar-refractivity contribution < 1.29 is 4.79 Å². The number of nitrogens with two attached hydrogens (primary N) is 1. The van der Waals surface area contributed by atoms with Gasteiger partial charge in [0.15, 0.2) is 0 Å². The highest BCUT2D eigenvalue weighted by atomic mass is 16.1. The Kier molecular flexibility index (Phi) is 3.57. The van der Waals surface area contributed by atoms with Gasteiger partial charge in [-0.3, -0.25) is 4.79 Å². The summed E-state index contributed by atoms with van der Waals surface area (Å²) in [5.74, 6) is 5.25. The van der Waals surface area contributed by atoms with E-state index in [2.05, 4.69) is 17.2 Å². The molecule has 1 aromatic rings. The van der Waals surface area contributed by atoms with Gasteiger partial charge in [-0.2, -0.15) is 0 Å². The maximum Gasteiger partial charge on any atom is 0.254 e. The zero-order valence-electron chi connectivity index (χ0n) is 8.00. The molecule has 0 saturated heterocycles. The molecule has 3 nitrogen and oxygen atoms in total. The predicted octanol–water partition coefficient (Wildman–Crippen LogP) is 1.02. The van der Waals surface area contributed by atoms with E-state index in [1.807, 2.05) is 0 Å². The molecular weight excluding hydrogens is 176 g/mol. The van der Waals surface area contributed by atoms with E-state index in [1.54, 1.807) is 31.2 Å². The molecule has 1 aromatic carbocycles. The van der Waals surface area contributed by atoms with Crippen LogP contribution >= 0.6 is 0 Å². The second-order valence-corrected chi connectivity index (χ2v) is 2.70. The molecule has 0 bridgehead atoms. The Morgan fingerprint density at radius 2 is 2.21 bits per heavy atom. The highest BCUT2D eigenvalue weighted by Crippen LogP contribution is 2.09. The molecule has 0 atom stereocenters. The number of hydrogen-bond acceptors (Lipinski definition) is 2. The minimum absolute atomic E-state index is 0.189. The van der Waals surface area contributed by atoms with Gasteiger partial charge < -0.3 is 11.1 Å². The van der Waals surface area contributed by atoms with Crippen LogP contribution in [0.2, 0.25) is 0 Å². The fourth-order valence-corrected chi connectivity index (χ4v) is 1.01. The minimum atomic E-state index is -0.189. The van der Waals surface area contributed by atoms with Crippen molar-refractivity contribution in [2.24, 2.45) is 0 Å². The molecule has 72 valence electrons. The van der Waals surface area contributed by atoms with Gasteiger partial charge >= 0.3 is 0 Å². The molecular formula is C11H12N2O. The molecule has 0 radical (unpaired) electrons. The minimum Gasteiger partial charge on any atom is -0.398 e. The van der Waals surface area contributed by atoms with E-state index >= 15 is 0 Å². The van der Waals surface area contributed by atoms with Crippen molar-refractivity contribution in [2.75, 3.05) is 12.3 Å². The van der Waals surface area contributed by atoms with Gasteiger partial charge in [0.05, 0.1) is 12.1 Å². The first-order valence-corrected chi connectivity index (χ1v) is 4.28. The lowest BCUT2D eigenvalue weighted by Crippen LogP contribution is -2.24. The monoisotopic (exact) mass is 188 g/mol. The van der Waals surface area contributed by atoms with Gasteiger partial charge in [0, 0.05) is 5.69 Å². The Morgan fingerprint density at radius 1 is 1.50 bits per heavy atom. The van der Waals surface area contributed by atoms with Crippen LogP contribution in [0.1, 0.15) is 17.3 Å². The Balaban J connectivity index is 2.68. The average molecular weight is 188 g/mol. The molecule has 0 unspecified atom stereocenters. The second-order valence-electron chi connectivity index (χ2n) is 2.70. The van der Waals surface area contributed by atoms with Gasteiger partial charge in [0.1, 0.15) is 0 Å². The van der Waals surface area contributed by atoms with Crippen LogP contribution < -0.4 is 11.1 Å². The lowest BCUT2D eigenvalue weighted by molar-refractivity contribution is 0.0959. The number of carbonyl (C=O) groups is 1. The second kappa shape index (κ2) is 4.93. The molecule has 3 N–H and O–H groups in total. The normalized spacial score (nSPS) is 8.64. The van der Waals surface area contributed by atoms with Gasteiger partial charge in [-0.25, -0.2) is 0 Å². The average Bonchev–Trinajstić information content (AvgIpc) is 2.18. The summed E-state index contributed by atoms with van der Waals surface area (Å²) in [6.45, 7) is 2.08.